The summed E-state index contributed by atoms with van der Waals surface area (Å²) in [5.41, 5.74) is 0.664. The van der Waals surface area contributed by atoms with Crippen molar-refractivity contribution in [2.75, 3.05) is 23.8 Å². The predicted octanol–water partition coefficient (Wildman–Crippen LogP) is 2.35. The molecular formula is C17H22IN5O4S. The highest BCUT2D eigenvalue weighted by molar-refractivity contribution is 14.1. The van der Waals surface area contributed by atoms with Crippen LogP contribution < -0.4 is 15.4 Å². The number of aliphatic hydroxyl groups is 1. The Bertz CT molecular complexity index is 922. The van der Waals surface area contributed by atoms with E-state index in [4.69, 9.17) is 4.74 Å². The molecule has 9 nitrogen and oxygen atoms in total. The topological polar surface area (TPSA) is 125 Å². The second-order valence-corrected chi connectivity index (χ2v) is 8.95. The number of halogens is 1. The smallest absolute Gasteiger partial charge is 0.418 e. The van der Waals surface area contributed by atoms with Crippen molar-refractivity contribution in [1.29, 1.82) is 0 Å². The average Bonchev–Trinajstić information content (AvgIpc) is 2.64. The molecule has 2 atom stereocenters. The molecule has 2 aromatic rings. The molecule has 0 saturated carbocycles. The van der Waals surface area contributed by atoms with E-state index in [0.29, 0.717) is 22.3 Å². The molecule has 28 heavy (non-hydrogen) atoms. The second kappa shape index (κ2) is 9.89. The highest BCUT2D eigenvalue weighted by atomic mass is 127. The van der Waals surface area contributed by atoms with Crippen molar-refractivity contribution in [3.8, 4) is 0 Å². The van der Waals surface area contributed by atoms with E-state index in [0.717, 1.165) is 3.57 Å². The van der Waals surface area contributed by atoms with Crippen LogP contribution in [0.15, 0.2) is 35.4 Å². The Balaban J connectivity index is 2.12. The lowest BCUT2D eigenvalue weighted by Gasteiger charge is -2.14. The summed E-state index contributed by atoms with van der Waals surface area (Å²) in [7, 11) is -3.02. The van der Waals surface area contributed by atoms with Crippen molar-refractivity contribution >= 4 is 61.7 Å². The number of carbonyl (C=O) groups excluding carboxylic acids is 1. The van der Waals surface area contributed by atoms with E-state index in [1.165, 1.54) is 0 Å². The molecule has 0 bridgehead atoms. The molecule has 0 saturated heterocycles. The summed E-state index contributed by atoms with van der Waals surface area (Å²) < 4.78 is 20.4. The first-order chi connectivity index (χ1) is 13.2. The summed E-state index contributed by atoms with van der Waals surface area (Å²) in [6.07, 6.45) is 0.872. The van der Waals surface area contributed by atoms with E-state index >= 15 is 0 Å². The van der Waals surface area contributed by atoms with Crippen LogP contribution in [-0.2, 0) is 14.4 Å². The van der Waals surface area contributed by atoms with Crippen molar-refractivity contribution in [3.05, 3.63) is 34.0 Å². The van der Waals surface area contributed by atoms with Crippen molar-refractivity contribution in [2.45, 2.75) is 24.8 Å². The molecule has 152 valence electrons. The van der Waals surface area contributed by atoms with Gasteiger partial charge in [-0.3, -0.25) is 0 Å². The number of rotatable bonds is 8. The molecule has 1 unspecified atom stereocenters. The molecule has 0 aliphatic carbocycles. The third-order valence-electron chi connectivity index (χ3n) is 3.42. The van der Waals surface area contributed by atoms with E-state index in [-0.39, 0.29) is 19.3 Å². The van der Waals surface area contributed by atoms with Gasteiger partial charge in [-0.1, -0.05) is 0 Å². The molecule has 0 radical (unpaired) electrons. The van der Waals surface area contributed by atoms with Gasteiger partial charge in [-0.25, -0.2) is 18.7 Å². The van der Waals surface area contributed by atoms with Crippen molar-refractivity contribution in [1.82, 2.24) is 14.7 Å². The first-order valence-electron chi connectivity index (χ1n) is 8.34. The van der Waals surface area contributed by atoms with Gasteiger partial charge in [-0.2, -0.15) is 4.98 Å². The van der Waals surface area contributed by atoms with E-state index in [2.05, 4.69) is 53.8 Å². The number of carbonyl (C=O) groups is 1. The van der Waals surface area contributed by atoms with Crippen LogP contribution in [0.3, 0.4) is 0 Å². The van der Waals surface area contributed by atoms with Crippen LogP contribution in [0.1, 0.15) is 13.8 Å². The minimum atomic E-state index is -3.02. The predicted molar refractivity (Wildman–Crippen MR) is 118 cm³/mol. The molecule has 0 aliphatic heterocycles. The van der Waals surface area contributed by atoms with Crippen LogP contribution in [0.2, 0.25) is 0 Å². The average molecular weight is 519 g/mol. The van der Waals surface area contributed by atoms with Crippen LogP contribution in [0.25, 0.3) is 0 Å². The van der Waals surface area contributed by atoms with Crippen molar-refractivity contribution in [2.24, 2.45) is 0 Å². The zero-order valence-corrected chi connectivity index (χ0v) is 18.4. The van der Waals surface area contributed by atoms with Gasteiger partial charge < -0.3 is 20.5 Å². The van der Waals surface area contributed by atoms with Gasteiger partial charge in [-0.15, -0.1) is 0 Å². The second-order valence-electron chi connectivity index (χ2n) is 5.77. The minimum absolute atomic E-state index is 0.0194. The Hall–Kier alpha value is -2.12. The van der Waals surface area contributed by atoms with Gasteiger partial charge in [0, 0.05) is 22.8 Å². The van der Waals surface area contributed by atoms with E-state index in [1.807, 2.05) is 6.92 Å². The lowest BCUT2D eigenvalue weighted by molar-refractivity contribution is 0.159. The number of nitrogens with one attached hydrogen (secondary N) is 3. The Kier molecular flexibility index (Phi) is 7.83. The first kappa shape index (κ1) is 22.2. The van der Waals surface area contributed by atoms with Gasteiger partial charge in [0.1, 0.15) is 5.82 Å². The van der Waals surface area contributed by atoms with Crippen LogP contribution in [0.4, 0.5) is 22.2 Å². The number of hydrogen-bond donors (Lipinski definition) is 4. The minimum Gasteiger partial charge on any atom is -0.449 e. The molecule has 11 heteroatoms. The van der Waals surface area contributed by atoms with Crippen LogP contribution in [0.5, 0.6) is 0 Å². The van der Waals surface area contributed by atoms with Crippen molar-refractivity contribution < 1.29 is 18.8 Å². The first-order valence-corrected chi connectivity index (χ1v) is 11.1. The van der Waals surface area contributed by atoms with Gasteiger partial charge in [0.25, 0.3) is 0 Å². The Morgan fingerprint density at radius 1 is 1.39 bits per heavy atom. The largest absolute Gasteiger partial charge is 0.449 e. The highest BCUT2D eigenvalue weighted by Gasteiger charge is 2.13. The Morgan fingerprint density at radius 2 is 2.07 bits per heavy atom. The Morgan fingerprint density at radius 3 is 2.68 bits per heavy atom. The third-order valence-corrected chi connectivity index (χ3v) is 5.74. The number of anilines is 3. The van der Waals surface area contributed by atoms with Gasteiger partial charge in [0.2, 0.25) is 5.95 Å². The number of hydrogen-bond acceptors (Lipinski definition) is 8. The number of ether oxygens (including phenoxy) is 1. The lowest BCUT2D eigenvalue weighted by atomic mass is 10.3. The zero-order chi connectivity index (χ0) is 20.7. The van der Waals surface area contributed by atoms with Gasteiger partial charge >= 0.3 is 6.09 Å². The zero-order valence-electron chi connectivity index (χ0n) is 15.4. The fourth-order valence-corrected chi connectivity index (χ4v) is 3.49. The molecule has 1 amide bonds. The molecule has 0 spiro atoms. The molecule has 1 aromatic carbocycles. The fraction of sp³-hybridized carbons (Fsp3) is 0.294. The highest BCUT2D eigenvalue weighted by Crippen LogP contribution is 2.21. The van der Waals surface area contributed by atoms with Crippen LogP contribution in [-0.4, -0.2) is 50.5 Å². The normalized spacial score (nSPS) is 13.9. The molecular weight excluding hydrogens is 497 g/mol. The maximum atomic E-state index is 12.6. The molecule has 2 rings (SSSR count). The molecule has 0 fully saturated rings. The number of benzene rings is 1. The van der Waals surface area contributed by atoms with E-state index in [1.54, 1.807) is 37.4 Å². The SMILES string of the molecule is C=S(=O)(NC(=O)OCC)c1ccc(Nc2ncc(I)c(N[C@H](C)CO)n2)cc1. The summed E-state index contributed by atoms with van der Waals surface area (Å²) >= 11 is 2.11. The molecule has 4 N–H and O–H groups in total. The monoisotopic (exact) mass is 519 g/mol. The van der Waals surface area contributed by atoms with Crippen molar-refractivity contribution in [3.63, 3.8) is 0 Å². The standard InChI is InChI=1S/C17H22IN5O4S/c1-4-27-17(25)23-28(3,26)13-7-5-12(6-8-13)21-16-19-9-14(18)15(22-16)20-11(2)10-24/h5-9,11,24H,3-4,10H2,1-2H3,(H,23,25,26)(H2,19,20,21,22)/t11-,28?/m1/s1. The van der Waals surface area contributed by atoms with Gasteiger partial charge in [-0.05, 0) is 66.6 Å². The van der Waals surface area contributed by atoms with Gasteiger partial charge in [0.15, 0.2) is 0 Å². The number of nitrogens with zero attached hydrogens (tertiary/aromatic N) is 2. The number of aliphatic hydroxyl groups excluding tert-OH is 1. The van der Waals surface area contributed by atoms with E-state index < -0.39 is 15.8 Å². The summed E-state index contributed by atoms with van der Waals surface area (Å²) in [5.74, 6) is 4.54. The quantitative estimate of drug-likeness (QED) is 0.310. The molecule has 1 aromatic heterocycles. The lowest BCUT2D eigenvalue weighted by Crippen LogP contribution is -2.30. The third kappa shape index (κ3) is 6.21. The Labute approximate surface area is 177 Å². The summed E-state index contributed by atoms with van der Waals surface area (Å²) in [4.78, 5) is 20.5. The van der Waals surface area contributed by atoms with E-state index in [9.17, 15) is 14.1 Å². The van der Waals surface area contributed by atoms with Crippen LogP contribution >= 0.6 is 22.6 Å². The maximum Gasteiger partial charge on any atom is 0.418 e. The fourth-order valence-electron chi connectivity index (χ4n) is 2.05. The molecule has 1 heterocycles. The van der Waals surface area contributed by atoms with Gasteiger partial charge in [0.05, 0.1) is 26.5 Å². The number of amides is 1. The van der Waals surface area contributed by atoms with Crippen LogP contribution in [0, 0.1) is 3.57 Å². The molecule has 0 aliphatic rings. The summed E-state index contributed by atoms with van der Waals surface area (Å²) in [6, 6.07) is 6.38. The maximum absolute atomic E-state index is 12.6. The number of aromatic nitrogens is 2. The summed E-state index contributed by atoms with van der Waals surface area (Å²) in [5, 5.41) is 15.3. The summed E-state index contributed by atoms with van der Waals surface area (Å²) in [6.45, 7) is 3.65.